The number of sulfonamides is 1. The van der Waals surface area contributed by atoms with Crippen molar-refractivity contribution in [1.29, 1.82) is 0 Å². The summed E-state index contributed by atoms with van der Waals surface area (Å²) in [5.74, 6) is 0.478. The maximum absolute atomic E-state index is 13.5. The average Bonchev–Trinajstić information content (AvgIpc) is 3.28. The quantitative estimate of drug-likeness (QED) is 0.585. The van der Waals surface area contributed by atoms with Crippen LogP contribution in [-0.4, -0.2) is 50.8 Å². The van der Waals surface area contributed by atoms with Gasteiger partial charge in [-0.3, -0.25) is 9.59 Å². The van der Waals surface area contributed by atoms with Gasteiger partial charge in [-0.25, -0.2) is 8.42 Å². The van der Waals surface area contributed by atoms with E-state index in [4.69, 9.17) is 0 Å². The molecule has 0 aromatic heterocycles. The van der Waals surface area contributed by atoms with E-state index < -0.39 is 16.1 Å². The number of amides is 2. The predicted octanol–water partition coefficient (Wildman–Crippen LogP) is 3.77. The molecule has 2 aromatic carbocycles. The zero-order valence-corrected chi connectivity index (χ0v) is 22.3. The Bertz CT molecular complexity index is 1190. The lowest BCUT2D eigenvalue weighted by Gasteiger charge is -2.35. The first-order valence-electron chi connectivity index (χ1n) is 12.9. The standard InChI is InChI=1S/C28H37N3O4S/c1-20(2)17-26(28(33)30-14-11-23(12-15-30)18-22-7-5-4-6-8-22)29-36(34,35)25-9-10-27-24(19-25)13-16-31(27)21(3)32/h4-10,19-20,23,26,29H,11-18H2,1-3H3. The van der Waals surface area contributed by atoms with Gasteiger partial charge in [-0.15, -0.1) is 0 Å². The van der Waals surface area contributed by atoms with E-state index in [2.05, 4.69) is 29.0 Å². The summed E-state index contributed by atoms with van der Waals surface area (Å²) in [6.07, 6.45) is 3.89. The maximum atomic E-state index is 13.5. The van der Waals surface area contributed by atoms with E-state index in [9.17, 15) is 18.0 Å². The van der Waals surface area contributed by atoms with Crippen LogP contribution in [0, 0.1) is 11.8 Å². The summed E-state index contributed by atoms with van der Waals surface area (Å²) >= 11 is 0. The number of piperidine rings is 1. The van der Waals surface area contributed by atoms with Gasteiger partial charge in [0.2, 0.25) is 21.8 Å². The molecule has 1 atom stereocenters. The molecule has 0 radical (unpaired) electrons. The first kappa shape index (κ1) is 26.4. The molecule has 2 amide bonds. The van der Waals surface area contributed by atoms with Gasteiger partial charge < -0.3 is 9.80 Å². The van der Waals surface area contributed by atoms with E-state index in [0.29, 0.717) is 38.4 Å². The van der Waals surface area contributed by atoms with E-state index >= 15 is 0 Å². The van der Waals surface area contributed by atoms with Crippen molar-refractivity contribution in [1.82, 2.24) is 9.62 Å². The van der Waals surface area contributed by atoms with Crippen LogP contribution < -0.4 is 9.62 Å². The summed E-state index contributed by atoms with van der Waals surface area (Å²) < 4.78 is 29.4. The number of carbonyl (C=O) groups is 2. The molecule has 2 heterocycles. The topological polar surface area (TPSA) is 86.8 Å². The first-order valence-corrected chi connectivity index (χ1v) is 14.4. The highest BCUT2D eigenvalue weighted by Crippen LogP contribution is 2.30. The lowest BCUT2D eigenvalue weighted by molar-refractivity contribution is -0.134. The van der Waals surface area contributed by atoms with E-state index in [1.807, 2.05) is 24.8 Å². The Morgan fingerprint density at radius 1 is 1.03 bits per heavy atom. The molecule has 0 saturated carbocycles. The van der Waals surface area contributed by atoms with Crippen molar-refractivity contribution >= 4 is 27.5 Å². The van der Waals surface area contributed by atoms with Crippen LogP contribution in [0.1, 0.15) is 51.2 Å². The minimum absolute atomic E-state index is 0.0578. The first-order chi connectivity index (χ1) is 17.1. The van der Waals surface area contributed by atoms with Crippen LogP contribution in [0.15, 0.2) is 53.4 Å². The van der Waals surface area contributed by atoms with Crippen molar-refractivity contribution in [3.8, 4) is 0 Å². The van der Waals surface area contributed by atoms with Crippen LogP contribution in [0.3, 0.4) is 0 Å². The number of hydrogen-bond donors (Lipinski definition) is 1. The average molecular weight is 512 g/mol. The highest BCUT2D eigenvalue weighted by Gasteiger charge is 2.33. The van der Waals surface area contributed by atoms with E-state index in [1.54, 1.807) is 17.0 Å². The van der Waals surface area contributed by atoms with Crippen molar-refractivity contribution in [2.75, 3.05) is 24.5 Å². The van der Waals surface area contributed by atoms with Crippen LogP contribution >= 0.6 is 0 Å². The number of likely N-dealkylation sites (tertiary alicyclic amines) is 1. The Morgan fingerprint density at radius 3 is 2.36 bits per heavy atom. The predicted molar refractivity (Wildman–Crippen MR) is 141 cm³/mol. The molecule has 1 saturated heterocycles. The second kappa shape index (κ2) is 11.1. The van der Waals surface area contributed by atoms with E-state index in [1.165, 1.54) is 18.6 Å². The molecule has 0 spiro atoms. The Labute approximate surface area is 214 Å². The van der Waals surface area contributed by atoms with Gasteiger partial charge in [-0.1, -0.05) is 44.2 Å². The molecule has 1 N–H and O–H groups in total. The van der Waals surface area contributed by atoms with Crippen LogP contribution in [0.4, 0.5) is 5.69 Å². The summed E-state index contributed by atoms with van der Waals surface area (Å²) in [5, 5.41) is 0. The molecule has 0 aliphatic carbocycles. The lowest BCUT2D eigenvalue weighted by Crippen LogP contribution is -2.51. The van der Waals surface area contributed by atoms with Crippen LogP contribution in [0.25, 0.3) is 0 Å². The van der Waals surface area contributed by atoms with E-state index in [0.717, 1.165) is 30.5 Å². The smallest absolute Gasteiger partial charge is 0.241 e. The summed E-state index contributed by atoms with van der Waals surface area (Å²) in [4.78, 5) is 28.9. The van der Waals surface area contributed by atoms with Crippen molar-refractivity contribution in [3.05, 3.63) is 59.7 Å². The molecule has 194 valence electrons. The number of anilines is 1. The van der Waals surface area contributed by atoms with Gasteiger partial charge in [-0.05, 0) is 73.3 Å². The van der Waals surface area contributed by atoms with Gasteiger partial charge >= 0.3 is 0 Å². The van der Waals surface area contributed by atoms with E-state index in [-0.39, 0.29) is 22.6 Å². The molecular formula is C28H37N3O4S. The van der Waals surface area contributed by atoms with Crippen LogP contribution in [0.2, 0.25) is 0 Å². The molecule has 7 nitrogen and oxygen atoms in total. The monoisotopic (exact) mass is 511 g/mol. The molecule has 1 fully saturated rings. The van der Waals surface area contributed by atoms with Crippen LogP contribution in [-0.2, 0) is 32.5 Å². The highest BCUT2D eigenvalue weighted by atomic mass is 32.2. The van der Waals surface area contributed by atoms with Gasteiger partial charge in [-0.2, -0.15) is 4.72 Å². The van der Waals surface area contributed by atoms with Crippen molar-refractivity contribution in [2.24, 2.45) is 11.8 Å². The zero-order valence-electron chi connectivity index (χ0n) is 21.4. The minimum atomic E-state index is -3.90. The Morgan fingerprint density at radius 2 is 1.72 bits per heavy atom. The summed E-state index contributed by atoms with van der Waals surface area (Å²) in [7, 11) is -3.90. The fraction of sp³-hybridized carbons (Fsp3) is 0.500. The number of hydrogen-bond acceptors (Lipinski definition) is 4. The van der Waals surface area contributed by atoms with Gasteiger partial charge in [0, 0.05) is 32.2 Å². The third-order valence-corrected chi connectivity index (χ3v) is 8.70. The van der Waals surface area contributed by atoms with Gasteiger partial charge in [0.1, 0.15) is 6.04 Å². The number of fused-ring (bicyclic) bond motifs is 1. The molecule has 1 unspecified atom stereocenters. The van der Waals surface area contributed by atoms with Gasteiger partial charge in [0.25, 0.3) is 0 Å². The molecule has 4 rings (SSSR count). The van der Waals surface area contributed by atoms with Crippen molar-refractivity contribution in [2.45, 2.75) is 63.8 Å². The molecule has 0 bridgehead atoms. The molecule has 36 heavy (non-hydrogen) atoms. The number of rotatable bonds is 8. The summed E-state index contributed by atoms with van der Waals surface area (Å²) in [6.45, 7) is 7.34. The second-order valence-electron chi connectivity index (χ2n) is 10.5. The van der Waals surface area contributed by atoms with Gasteiger partial charge in [0.05, 0.1) is 4.90 Å². The van der Waals surface area contributed by atoms with Crippen molar-refractivity contribution < 1.29 is 18.0 Å². The fourth-order valence-corrected chi connectivity index (χ4v) is 6.58. The summed E-state index contributed by atoms with van der Waals surface area (Å²) in [6, 6.07) is 14.4. The van der Waals surface area contributed by atoms with Crippen LogP contribution in [0.5, 0.6) is 0 Å². The third-order valence-electron chi connectivity index (χ3n) is 7.23. The SMILES string of the molecule is CC(=O)N1CCc2cc(S(=O)(=O)NC(CC(C)C)C(=O)N3CCC(Cc4ccccc4)CC3)ccc21. The molecule has 8 heteroatoms. The number of benzene rings is 2. The summed E-state index contributed by atoms with van der Waals surface area (Å²) in [5.41, 5.74) is 2.91. The second-order valence-corrected chi connectivity index (χ2v) is 12.2. The molecular weight excluding hydrogens is 474 g/mol. The zero-order chi connectivity index (χ0) is 25.9. The Hall–Kier alpha value is -2.71. The maximum Gasteiger partial charge on any atom is 0.241 e. The fourth-order valence-electron chi connectivity index (χ4n) is 5.32. The lowest BCUT2D eigenvalue weighted by atomic mass is 9.90. The minimum Gasteiger partial charge on any atom is -0.341 e. The Kier molecular flexibility index (Phi) is 8.15. The molecule has 2 aromatic rings. The third kappa shape index (κ3) is 6.16. The normalized spacial score (nSPS) is 17.3. The molecule has 2 aliphatic heterocycles. The Balaban J connectivity index is 1.43. The van der Waals surface area contributed by atoms with Gasteiger partial charge in [0.15, 0.2) is 0 Å². The molecule has 2 aliphatic rings. The number of nitrogens with zero attached hydrogens (tertiary/aromatic N) is 2. The highest BCUT2D eigenvalue weighted by molar-refractivity contribution is 7.89. The van der Waals surface area contributed by atoms with Crippen molar-refractivity contribution in [3.63, 3.8) is 0 Å². The largest absolute Gasteiger partial charge is 0.341 e. The number of carbonyl (C=O) groups excluding carboxylic acids is 2. The number of nitrogens with one attached hydrogen (secondary N) is 1.